The summed E-state index contributed by atoms with van der Waals surface area (Å²) in [5.74, 6) is 2.95. The fourth-order valence-electron chi connectivity index (χ4n) is 9.84. The molecule has 0 heterocycles. The van der Waals surface area contributed by atoms with E-state index in [1.807, 2.05) is 6.07 Å². The Kier molecular flexibility index (Phi) is 5.33. The van der Waals surface area contributed by atoms with Crippen molar-refractivity contribution in [3.8, 4) is 22.3 Å². The lowest BCUT2D eigenvalue weighted by Crippen LogP contribution is -2.55. The summed E-state index contributed by atoms with van der Waals surface area (Å²) in [6.07, 6.45) is 6.84. The molecule has 1 spiro atoms. The lowest BCUT2D eigenvalue weighted by atomic mass is 9.43. The molecule has 10 rings (SSSR count). The Morgan fingerprint density at radius 2 is 1.14 bits per heavy atom. The maximum Gasteiger partial charge on any atom is 0.123 e. The lowest BCUT2D eigenvalue weighted by molar-refractivity contribution is -0.0399. The first-order valence-corrected chi connectivity index (χ1v) is 15.6. The van der Waals surface area contributed by atoms with E-state index >= 15 is 0 Å². The molecule has 0 N–H and O–H groups in total. The van der Waals surface area contributed by atoms with Gasteiger partial charge in [0.25, 0.3) is 0 Å². The third kappa shape index (κ3) is 3.41. The SMILES string of the molecule is Fc1cccc(-c2cc3c(cc2N(c2ccccc2)c2ccccc2)C2(c4ccccc4-3)C3CC4CC(C3)CC2C4)c1. The van der Waals surface area contributed by atoms with Crippen LogP contribution in [0.25, 0.3) is 22.3 Å². The molecule has 5 aliphatic rings. The van der Waals surface area contributed by atoms with E-state index in [0.29, 0.717) is 11.8 Å². The van der Waals surface area contributed by atoms with Crippen LogP contribution in [-0.4, -0.2) is 0 Å². The molecule has 1 nitrogen and oxygen atoms in total. The Balaban J connectivity index is 1.37. The van der Waals surface area contributed by atoms with Gasteiger partial charge in [-0.05, 0) is 132 Å². The van der Waals surface area contributed by atoms with Crippen molar-refractivity contribution in [1.29, 1.82) is 0 Å². The van der Waals surface area contributed by atoms with E-state index in [4.69, 9.17) is 0 Å². The highest BCUT2D eigenvalue weighted by Crippen LogP contribution is 2.70. The van der Waals surface area contributed by atoms with Crippen LogP contribution < -0.4 is 4.90 Å². The number of rotatable bonds is 4. The molecule has 2 heteroatoms. The highest BCUT2D eigenvalue weighted by molar-refractivity contribution is 5.95. The molecule has 0 aliphatic heterocycles. The van der Waals surface area contributed by atoms with Gasteiger partial charge in [0.1, 0.15) is 5.82 Å². The first-order chi connectivity index (χ1) is 20.7. The minimum absolute atomic E-state index is 0.0631. The number of hydrogen-bond donors (Lipinski definition) is 0. The summed E-state index contributed by atoms with van der Waals surface area (Å²) in [5, 5.41) is 0. The molecule has 206 valence electrons. The van der Waals surface area contributed by atoms with E-state index < -0.39 is 0 Å². The van der Waals surface area contributed by atoms with E-state index in [9.17, 15) is 4.39 Å². The number of fused-ring (bicyclic) bond motifs is 3. The average Bonchev–Trinajstić information content (AvgIpc) is 3.30. The molecule has 0 radical (unpaired) electrons. The molecule has 0 saturated heterocycles. The Morgan fingerprint density at radius 3 is 1.79 bits per heavy atom. The van der Waals surface area contributed by atoms with Crippen LogP contribution in [0.5, 0.6) is 0 Å². The van der Waals surface area contributed by atoms with Crippen LogP contribution in [0.15, 0.2) is 121 Å². The quantitative estimate of drug-likeness (QED) is 0.216. The monoisotopic (exact) mass is 547 g/mol. The minimum Gasteiger partial charge on any atom is -0.310 e. The highest BCUT2D eigenvalue weighted by Gasteiger charge is 2.61. The minimum atomic E-state index is -0.206. The molecular weight excluding hydrogens is 513 g/mol. The second-order valence-electron chi connectivity index (χ2n) is 13.2. The number of hydrogen-bond acceptors (Lipinski definition) is 1. The van der Waals surface area contributed by atoms with E-state index in [1.54, 1.807) is 17.7 Å². The van der Waals surface area contributed by atoms with Gasteiger partial charge in [-0.2, -0.15) is 0 Å². The number of benzene rings is 5. The van der Waals surface area contributed by atoms with E-state index in [0.717, 1.165) is 40.0 Å². The van der Waals surface area contributed by atoms with Crippen LogP contribution in [0.1, 0.15) is 43.2 Å². The lowest BCUT2D eigenvalue weighted by Gasteiger charge is -2.61. The van der Waals surface area contributed by atoms with Crippen molar-refractivity contribution < 1.29 is 4.39 Å². The second kappa shape index (κ2) is 9.16. The molecule has 0 amide bonds. The maximum absolute atomic E-state index is 14.8. The van der Waals surface area contributed by atoms with Crippen molar-refractivity contribution in [2.75, 3.05) is 4.90 Å². The van der Waals surface area contributed by atoms with Crippen LogP contribution in [0, 0.1) is 29.5 Å². The first kappa shape index (κ1) is 24.4. The van der Waals surface area contributed by atoms with Crippen molar-refractivity contribution in [2.45, 2.75) is 37.5 Å². The zero-order valence-electron chi connectivity index (χ0n) is 23.7. The van der Waals surface area contributed by atoms with Gasteiger partial charge < -0.3 is 4.90 Å². The van der Waals surface area contributed by atoms with Crippen molar-refractivity contribution in [2.24, 2.45) is 23.7 Å². The summed E-state index contributed by atoms with van der Waals surface area (Å²) in [6.45, 7) is 0. The Bertz CT molecular complexity index is 1740. The highest BCUT2D eigenvalue weighted by atomic mass is 19.1. The number of para-hydroxylation sites is 2. The first-order valence-electron chi connectivity index (χ1n) is 15.6. The molecule has 4 bridgehead atoms. The molecule has 0 atom stereocenters. The van der Waals surface area contributed by atoms with Crippen LogP contribution in [0.2, 0.25) is 0 Å². The Hall–Kier alpha value is -4.17. The van der Waals surface area contributed by atoms with Crippen molar-refractivity contribution in [1.82, 2.24) is 0 Å². The predicted octanol–water partition coefficient (Wildman–Crippen LogP) is 10.7. The number of nitrogens with zero attached hydrogens (tertiary/aromatic N) is 1. The van der Waals surface area contributed by atoms with Crippen molar-refractivity contribution >= 4 is 17.1 Å². The van der Waals surface area contributed by atoms with Crippen LogP contribution in [0.4, 0.5) is 21.5 Å². The molecule has 4 fully saturated rings. The molecule has 0 aromatic heterocycles. The second-order valence-corrected chi connectivity index (χ2v) is 13.2. The van der Waals surface area contributed by atoms with Gasteiger partial charge in [0.05, 0.1) is 5.69 Å². The van der Waals surface area contributed by atoms with Gasteiger partial charge in [0.2, 0.25) is 0 Å². The fraction of sp³-hybridized carbons (Fsp3) is 0.250. The van der Waals surface area contributed by atoms with Gasteiger partial charge in [-0.1, -0.05) is 72.8 Å². The molecule has 5 aromatic rings. The summed E-state index contributed by atoms with van der Waals surface area (Å²) in [4.78, 5) is 2.38. The number of anilines is 3. The molecule has 42 heavy (non-hydrogen) atoms. The molecular formula is C40H34FN. The Morgan fingerprint density at radius 1 is 0.524 bits per heavy atom. The summed E-state index contributed by atoms with van der Waals surface area (Å²) in [6, 6.07) is 42.6. The summed E-state index contributed by atoms with van der Waals surface area (Å²) in [7, 11) is 0. The van der Waals surface area contributed by atoms with Crippen molar-refractivity contribution in [3.63, 3.8) is 0 Å². The predicted molar refractivity (Wildman–Crippen MR) is 170 cm³/mol. The smallest absolute Gasteiger partial charge is 0.123 e. The van der Waals surface area contributed by atoms with Crippen LogP contribution in [-0.2, 0) is 5.41 Å². The van der Waals surface area contributed by atoms with Crippen molar-refractivity contribution in [3.05, 3.63) is 138 Å². The largest absolute Gasteiger partial charge is 0.310 e. The van der Waals surface area contributed by atoms with E-state index in [1.165, 1.54) is 48.8 Å². The third-order valence-corrected chi connectivity index (χ3v) is 11.1. The van der Waals surface area contributed by atoms with Gasteiger partial charge in [-0.15, -0.1) is 0 Å². The average molecular weight is 548 g/mol. The topological polar surface area (TPSA) is 3.24 Å². The normalized spacial score (nSPS) is 26.3. The zero-order chi connectivity index (χ0) is 27.8. The Labute approximate surface area is 247 Å². The molecule has 4 saturated carbocycles. The summed E-state index contributed by atoms with van der Waals surface area (Å²) >= 11 is 0. The molecule has 5 aliphatic carbocycles. The summed E-state index contributed by atoms with van der Waals surface area (Å²) in [5.41, 5.74) is 11.2. The molecule has 5 aromatic carbocycles. The third-order valence-electron chi connectivity index (χ3n) is 11.1. The standard InChI is InChI=1S/C40H34FN/c41-31-11-9-10-28(23-31)35-24-36-34-16-7-8-17-37(34)40(29-19-26-18-27(21-29)22-30(40)20-26)38(36)25-39(35)42(32-12-3-1-4-13-32)33-14-5-2-6-15-33/h1-17,23-27,29-30H,18-22H2. The maximum atomic E-state index is 14.8. The van der Waals surface area contributed by atoms with E-state index in [2.05, 4.69) is 108 Å². The van der Waals surface area contributed by atoms with Gasteiger partial charge in [0.15, 0.2) is 0 Å². The van der Waals surface area contributed by atoms with E-state index in [-0.39, 0.29) is 11.2 Å². The van der Waals surface area contributed by atoms with Gasteiger partial charge >= 0.3 is 0 Å². The van der Waals surface area contributed by atoms with Gasteiger partial charge in [0, 0.05) is 22.4 Å². The fourth-order valence-corrected chi connectivity index (χ4v) is 9.84. The van der Waals surface area contributed by atoms with Crippen LogP contribution in [0.3, 0.4) is 0 Å². The van der Waals surface area contributed by atoms with Crippen LogP contribution >= 0.6 is 0 Å². The summed E-state index contributed by atoms with van der Waals surface area (Å²) < 4.78 is 14.8. The molecule has 0 unspecified atom stereocenters. The van der Waals surface area contributed by atoms with Gasteiger partial charge in [-0.3, -0.25) is 0 Å². The number of halogens is 1. The van der Waals surface area contributed by atoms with Gasteiger partial charge in [-0.25, -0.2) is 4.39 Å². The zero-order valence-corrected chi connectivity index (χ0v) is 23.7.